The van der Waals surface area contributed by atoms with Crippen LogP contribution in [0.3, 0.4) is 0 Å². The first-order valence-electron chi connectivity index (χ1n) is 9.80. The van der Waals surface area contributed by atoms with Crippen molar-refractivity contribution in [2.45, 2.75) is 13.1 Å². The van der Waals surface area contributed by atoms with Gasteiger partial charge in [-0.05, 0) is 67.3 Å². The van der Waals surface area contributed by atoms with Gasteiger partial charge in [0.2, 0.25) is 0 Å². The molecule has 1 aliphatic rings. The van der Waals surface area contributed by atoms with Crippen LogP contribution in [0.2, 0.25) is 0 Å². The summed E-state index contributed by atoms with van der Waals surface area (Å²) in [6.07, 6.45) is -7.51. The maximum atomic E-state index is 13.5. The minimum absolute atomic E-state index is 0.220. The molecule has 4 rings (SSSR count). The minimum Gasteiger partial charge on any atom is -0.378 e. The molecule has 3 aromatic carbocycles. The van der Waals surface area contributed by atoms with Crippen molar-refractivity contribution in [3.63, 3.8) is 0 Å². The van der Waals surface area contributed by atoms with E-state index in [1.807, 2.05) is 44.1 Å². The summed E-state index contributed by atoms with van der Waals surface area (Å²) in [6, 6.07) is 17.7. The van der Waals surface area contributed by atoms with Gasteiger partial charge in [-0.2, -0.15) is 13.2 Å². The number of nitrogens with zero attached hydrogens (tertiary/aromatic N) is 2. The van der Waals surface area contributed by atoms with Gasteiger partial charge >= 0.3 is 6.18 Å². The first-order chi connectivity index (χ1) is 15.0. The number of carbonyl (C=O) groups is 1. The van der Waals surface area contributed by atoms with E-state index in [0.29, 0.717) is 16.6 Å². The van der Waals surface area contributed by atoms with Crippen molar-refractivity contribution in [2.75, 3.05) is 28.8 Å². The van der Waals surface area contributed by atoms with Crippen LogP contribution in [0, 0.1) is 6.92 Å². The topological polar surface area (TPSA) is 35.6 Å². The van der Waals surface area contributed by atoms with Crippen molar-refractivity contribution >= 4 is 46.4 Å². The summed E-state index contributed by atoms with van der Waals surface area (Å²) in [4.78, 5) is 15.4. The van der Waals surface area contributed by atoms with Crippen molar-refractivity contribution in [3.8, 4) is 0 Å². The van der Waals surface area contributed by atoms with Crippen LogP contribution >= 0.6 is 6.34 Å². The second-order valence-electron chi connectivity index (χ2n) is 7.81. The highest BCUT2D eigenvalue weighted by atomic mass is 32.4. The van der Waals surface area contributed by atoms with Crippen molar-refractivity contribution < 1.29 is 18.0 Å². The highest BCUT2D eigenvalue weighted by molar-refractivity contribution is 8.20. The van der Waals surface area contributed by atoms with E-state index in [1.165, 1.54) is 16.8 Å². The van der Waals surface area contributed by atoms with Gasteiger partial charge in [-0.3, -0.25) is 9.46 Å². The fourth-order valence-electron chi connectivity index (χ4n) is 3.60. The van der Waals surface area contributed by atoms with E-state index in [1.54, 1.807) is 24.3 Å². The number of rotatable bonds is 4. The van der Waals surface area contributed by atoms with E-state index in [4.69, 9.17) is 11.8 Å². The third-order valence-corrected chi connectivity index (χ3v) is 9.21. The minimum atomic E-state index is -4.48. The summed E-state index contributed by atoms with van der Waals surface area (Å²) in [5.41, 5.74) is 2.36. The number of halogens is 3. The maximum Gasteiger partial charge on any atom is 0.416 e. The molecule has 0 bridgehead atoms. The molecule has 166 valence electrons. The number of carbonyl (C=O) groups excluding carboxylic acids is 1. The van der Waals surface area contributed by atoms with Crippen LogP contribution in [0.1, 0.15) is 21.5 Å². The molecule has 4 nitrogen and oxygen atoms in total. The van der Waals surface area contributed by atoms with Crippen LogP contribution in [-0.2, 0) is 18.0 Å². The summed E-state index contributed by atoms with van der Waals surface area (Å²) in [7, 11) is 3.74. The number of amides is 1. The Hall–Kier alpha value is -2.83. The summed E-state index contributed by atoms with van der Waals surface area (Å²) in [5.74, 6) is -0.268. The molecule has 3 aromatic rings. The van der Waals surface area contributed by atoms with Gasteiger partial charge in [0, 0.05) is 30.8 Å². The number of hydrogen-bond acceptors (Lipinski definition) is 3. The molecule has 1 amide bonds. The fourth-order valence-corrected chi connectivity index (χ4v) is 7.41. The second-order valence-corrected chi connectivity index (χ2v) is 11.7. The smallest absolute Gasteiger partial charge is 0.378 e. The number of anilines is 3. The zero-order valence-electron chi connectivity index (χ0n) is 17.6. The first-order valence-corrected chi connectivity index (χ1v) is 12.6. The molecule has 0 aromatic heterocycles. The van der Waals surface area contributed by atoms with Crippen LogP contribution in [0.4, 0.5) is 30.2 Å². The van der Waals surface area contributed by atoms with Crippen molar-refractivity contribution in [2.24, 2.45) is 0 Å². The number of alkyl halides is 3. The standard InChI is InChI=1S/C23H21F3N3OPS/c1-15-7-9-18(10-8-15)29-22(30)20-14-19(28(2)3)11-12-21(20)31(29,32)27-17-6-4-5-16(13-17)23(24,25)26/h4-14H,1-3H3,(H,27,32). The molecule has 0 fully saturated rings. The summed E-state index contributed by atoms with van der Waals surface area (Å²) >= 11 is 6.07. The third kappa shape index (κ3) is 3.89. The van der Waals surface area contributed by atoms with Crippen LogP contribution in [0.5, 0.6) is 0 Å². The Morgan fingerprint density at radius 1 is 1.00 bits per heavy atom. The van der Waals surface area contributed by atoms with Gasteiger partial charge in [-0.15, -0.1) is 0 Å². The lowest BCUT2D eigenvalue weighted by Gasteiger charge is -2.31. The summed E-state index contributed by atoms with van der Waals surface area (Å²) in [6.45, 7) is 1.94. The molecule has 9 heteroatoms. The Bertz CT molecular complexity index is 1240. The zero-order valence-corrected chi connectivity index (χ0v) is 19.4. The molecule has 0 aliphatic carbocycles. The highest BCUT2D eigenvalue weighted by Gasteiger charge is 2.44. The van der Waals surface area contributed by atoms with Crippen molar-refractivity contribution in [1.82, 2.24) is 0 Å². The van der Waals surface area contributed by atoms with Gasteiger partial charge in [0.25, 0.3) is 5.91 Å². The zero-order chi connectivity index (χ0) is 23.3. The van der Waals surface area contributed by atoms with E-state index in [9.17, 15) is 18.0 Å². The predicted molar refractivity (Wildman–Crippen MR) is 128 cm³/mol. The quantitative estimate of drug-likeness (QED) is 0.485. The monoisotopic (exact) mass is 475 g/mol. The van der Waals surface area contributed by atoms with Gasteiger partial charge in [-0.1, -0.05) is 23.8 Å². The van der Waals surface area contributed by atoms with Crippen molar-refractivity contribution in [3.05, 3.63) is 83.4 Å². The Kier molecular flexibility index (Phi) is 5.55. The molecule has 32 heavy (non-hydrogen) atoms. The number of hydrogen-bond donors (Lipinski definition) is 1. The Labute approximate surface area is 189 Å². The first kappa shape index (κ1) is 22.4. The molecule has 0 spiro atoms. The molecular weight excluding hydrogens is 454 g/mol. The second kappa shape index (κ2) is 7.94. The SMILES string of the molecule is Cc1ccc(N2C(=O)c3cc(N(C)C)ccc3P2(=S)Nc2cccc(C(F)(F)F)c2)cc1. The normalized spacial score (nSPS) is 17.9. The van der Waals surface area contributed by atoms with E-state index in [2.05, 4.69) is 5.09 Å². The van der Waals surface area contributed by atoms with E-state index >= 15 is 0 Å². The molecule has 1 N–H and O–H groups in total. The van der Waals surface area contributed by atoms with Crippen LogP contribution in [0.25, 0.3) is 0 Å². The number of aryl methyl sites for hydroxylation is 1. The molecule has 1 atom stereocenters. The van der Waals surface area contributed by atoms with Gasteiger partial charge in [-0.25, -0.2) is 0 Å². The van der Waals surface area contributed by atoms with Gasteiger partial charge in [0.05, 0.1) is 16.8 Å². The lowest BCUT2D eigenvalue weighted by atomic mass is 10.1. The molecule has 1 unspecified atom stereocenters. The van der Waals surface area contributed by atoms with Crippen LogP contribution in [-0.4, -0.2) is 20.0 Å². The summed E-state index contributed by atoms with van der Waals surface area (Å²) in [5, 5.41) is 3.77. The lowest BCUT2D eigenvalue weighted by Crippen LogP contribution is -2.25. The van der Waals surface area contributed by atoms with Gasteiger partial charge < -0.3 is 9.99 Å². The predicted octanol–water partition coefficient (Wildman–Crippen LogP) is 5.79. The Morgan fingerprint density at radius 2 is 1.69 bits per heavy atom. The maximum absolute atomic E-state index is 13.5. The Morgan fingerprint density at radius 3 is 2.31 bits per heavy atom. The molecule has 0 saturated carbocycles. The van der Waals surface area contributed by atoms with Gasteiger partial charge in [0.15, 0.2) is 6.34 Å². The summed E-state index contributed by atoms with van der Waals surface area (Å²) < 4.78 is 41.3. The highest BCUT2D eigenvalue weighted by Crippen LogP contribution is 2.56. The van der Waals surface area contributed by atoms with Crippen LogP contribution in [0.15, 0.2) is 66.7 Å². The molecule has 1 aliphatic heterocycles. The van der Waals surface area contributed by atoms with Gasteiger partial charge in [0.1, 0.15) is 0 Å². The van der Waals surface area contributed by atoms with Crippen LogP contribution < -0.4 is 20.0 Å². The molecule has 0 saturated heterocycles. The molecule has 0 radical (unpaired) electrons. The number of benzene rings is 3. The Balaban J connectivity index is 1.87. The number of nitrogens with one attached hydrogen (secondary N) is 1. The average molecular weight is 475 g/mol. The fraction of sp³-hybridized carbons (Fsp3) is 0.174. The van der Waals surface area contributed by atoms with Crippen molar-refractivity contribution in [1.29, 1.82) is 0 Å². The van der Waals surface area contributed by atoms with E-state index in [0.717, 1.165) is 23.4 Å². The average Bonchev–Trinajstić information content (AvgIpc) is 2.95. The molecular formula is C23H21F3N3OPS. The van der Waals surface area contributed by atoms with E-state index in [-0.39, 0.29) is 11.6 Å². The third-order valence-electron chi connectivity index (χ3n) is 5.28. The largest absolute Gasteiger partial charge is 0.416 e. The molecule has 1 heterocycles. The lowest BCUT2D eigenvalue weighted by molar-refractivity contribution is -0.137. The number of fused-ring (bicyclic) bond motifs is 1. The van der Waals surface area contributed by atoms with E-state index < -0.39 is 18.1 Å².